The zero-order valence-corrected chi connectivity index (χ0v) is 12.2. The Labute approximate surface area is 111 Å². The van der Waals surface area contributed by atoms with E-state index in [9.17, 15) is 0 Å². The molecule has 18 heavy (non-hydrogen) atoms. The molecular weight excluding hydrogens is 222 g/mol. The predicted octanol–water partition coefficient (Wildman–Crippen LogP) is 3.03. The third-order valence-corrected chi connectivity index (χ3v) is 4.35. The lowest BCUT2D eigenvalue weighted by Crippen LogP contribution is -2.35. The highest BCUT2D eigenvalue weighted by atomic mass is 15.2. The van der Waals surface area contributed by atoms with Crippen LogP contribution >= 0.6 is 0 Å². The first-order valence-corrected chi connectivity index (χ1v) is 7.28. The van der Waals surface area contributed by atoms with E-state index >= 15 is 0 Å². The molecule has 102 valence electrons. The lowest BCUT2D eigenvalue weighted by Gasteiger charge is -2.32. The molecule has 1 aliphatic carbocycles. The minimum absolute atomic E-state index is 0.700. The summed E-state index contributed by atoms with van der Waals surface area (Å²) in [6.45, 7) is 7.78. The van der Waals surface area contributed by atoms with Crippen LogP contribution in [0.5, 0.6) is 0 Å². The third-order valence-electron chi connectivity index (χ3n) is 4.35. The van der Waals surface area contributed by atoms with Gasteiger partial charge in [-0.2, -0.15) is 5.10 Å². The first-order valence-electron chi connectivity index (χ1n) is 7.28. The van der Waals surface area contributed by atoms with Crippen LogP contribution in [0.15, 0.2) is 6.20 Å². The summed E-state index contributed by atoms with van der Waals surface area (Å²) in [6, 6.07) is 0.700. The van der Waals surface area contributed by atoms with E-state index in [4.69, 9.17) is 0 Å². The molecule has 1 aromatic heterocycles. The van der Waals surface area contributed by atoms with Crippen LogP contribution in [0, 0.1) is 18.8 Å². The standard InChI is InChI=1S/C15H27N3/c1-11(2)13-6-5-7-15(8-13)16-9-14-10-18(4)17-12(14)3/h10-11,13,15-16H,5-9H2,1-4H3. The summed E-state index contributed by atoms with van der Waals surface area (Å²) in [5.41, 5.74) is 2.49. The Hall–Kier alpha value is -0.830. The number of aromatic nitrogens is 2. The number of hydrogen-bond acceptors (Lipinski definition) is 2. The van der Waals surface area contributed by atoms with Crippen LogP contribution in [0.1, 0.15) is 50.8 Å². The van der Waals surface area contributed by atoms with Crippen molar-refractivity contribution in [3.05, 3.63) is 17.5 Å². The van der Waals surface area contributed by atoms with Gasteiger partial charge in [-0.3, -0.25) is 4.68 Å². The van der Waals surface area contributed by atoms with Crippen LogP contribution in [0.3, 0.4) is 0 Å². The lowest BCUT2D eigenvalue weighted by atomic mass is 9.79. The van der Waals surface area contributed by atoms with Gasteiger partial charge in [0, 0.05) is 31.4 Å². The molecule has 2 atom stereocenters. The van der Waals surface area contributed by atoms with Gasteiger partial charge in [0.05, 0.1) is 5.69 Å². The molecule has 0 aliphatic heterocycles. The summed E-state index contributed by atoms with van der Waals surface area (Å²) in [4.78, 5) is 0. The molecule has 3 nitrogen and oxygen atoms in total. The first-order chi connectivity index (χ1) is 8.56. The molecule has 0 aromatic carbocycles. The maximum atomic E-state index is 4.39. The van der Waals surface area contributed by atoms with Crippen LogP contribution < -0.4 is 5.32 Å². The Bertz CT molecular complexity index is 381. The molecule has 1 heterocycles. The Morgan fingerprint density at radius 3 is 2.83 bits per heavy atom. The number of aryl methyl sites for hydroxylation is 2. The molecule has 1 aromatic rings. The summed E-state index contributed by atoms with van der Waals surface area (Å²) in [6.07, 6.45) is 7.61. The van der Waals surface area contributed by atoms with Crippen molar-refractivity contribution in [1.29, 1.82) is 0 Å². The summed E-state index contributed by atoms with van der Waals surface area (Å²) >= 11 is 0. The minimum Gasteiger partial charge on any atom is -0.310 e. The van der Waals surface area contributed by atoms with Crippen LogP contribution in [-0.2, 0) is 13.6 Å². The fourth-order valence-corrected chi connectivity index (χ4v) is 3.09. The highest BCUT2D eigenvalue weighted by molar-refractivity contribution is 5.14. The van der Waals surface area contributed by atoms with Gasteiger partial charge in [-0.1, -0.05) is 26.7 Å². The predicted molar refractivity (Wildman–Crippen MR) is 75.4 cm³/mol. The topological polar surface area (TPSA) is 29.9 Å². The maximum absolute atomic E-state index is 4.39. The van der Waals surface area contributed by atoms with Gasteiger partial charge < -0.3 is 5.32 Å². The van der Waals surface area contributed by atoms with E-state index in [2.05, 4.69) is 37.4 Å². The lowest BCUT2D eigenvalue weighted by molar-refractivity contribution is 0.230. The van der Waals surface area contributed by atoms with Crippen molar-refractivity contribution in [1.82, 2.24) is 15.1 Å². The third kappa shape index (κ3) is 3.35. The van der Waals surface area contributed by atoms with Crippen molar-refractivity contribution < 1.29 is 0 Å². The number of nitrogens with zero attached hydrogens (tertiary/aromatic N) is 2. The second kappa shape index (κ2) is 5.87. The average molecular weight is 249 g/mol. The van der Waals surface area contributed by atoms with E-state index in [-0.39, 0.29) is 0 Å². The van der Waals surface area contributed by atoms with Gasteiger partial charge >= 0.3 is 0 Å². The molecule has 0 saturated heterocycles. The van der Waals surface area contributed by atoms with Crippen molar-refractivity contribution >= 4 is 0 Å². The summed E-state index contributed by atoms with van der Waals surface area (Å²) in [5, 5.41) is 8.12. The van der Waals surface area contributed by atoms with Gasteiger partial charge in [0.2, 0.25) is 0 Å². The highest BCUT2D eigenvalue weighted by Crippen LogP contribution is 2.30. The van der Waals surface area contributed by atoms with Crippen LogP contribution in [0.4, 0.5) is 0 Å². The molecule has 2 rings (SSSR count). The van der Waals surface area contributed by atoms with Crippen LogP contribution in [0.2, 0.25) is 0 Å². The summed E-state index contributed by atoms with van der Waals surface area (Å²) in [7, 11) is 1.99. The second-order valence-corrected chi connectivity index (χ2v) is 6.16. The highest BCUT2D eigenvalue weighted by Gasteiger charge is 2.23. The molecule has 1 N–H and O–H groups in total. The van der Waals surface area contributed by atoms with Crippen LogP contribution in [0.25, 0.3) is 0 Å². The monoisotopic (exact) mass is 249 g/mol. The normalized spacial score (nSPS) is 24.7. The Morgan fingerprint density at radius 2 is 2.22 bits per heavy atom. The SMILES string of the molecule is Cc1nn(C)cc1CNC1CCCC(C(C)C)C1. The molecule has 2 unspecified atom stereocenters. The van der Waals surface area contributed by atoms with Gasteiger partial charge in [-0.05, 0) is 31.6 Å². The number of rotatable bonds is 4. The van der Waals surface area contributed by atoms with E-state index in [1.807, 2.05) is 11.7 Å². The molecule has 1 fully saturated rings. The van der Waals surface area contributed by atoms with E-state index in [0.29, 0.717) is 6.04 Å². The van der Waals surface area contributed by atoms with Gasteiger partial charge in [-0.15, -0.1) is 0 Å². The van der Waals surface area contributed by atoms with Crippen molar-refractivity contribution in [2.75, 3.05) is 0 Å². The van der Waals surface area contributed by atoms with E-state index < -0.39 is 0 Å². The van der Waals surface area contributed by atoms with Crippen molar-refractivity contribution in [2.24, 2.45) is 18.9 Å². The molecule has 0 radical (unpaired) electrons. The van der Waals surface area contributed by atoms with Gasteiger partial charge in [0.15, 0.2) is 0 Å². The Kier molecular flexibility index (Phi) is 4.44. The average Bonchev–Trinajstić information content (AvgIpc) is 2.65. The second-order valence-electron chi connectivity index (χ2n) is 6.16. The van der Waals surface area contributed by atoms with Gasteiger partial charge in [-0.25, -0.2) is 0 Å². The number of nitrogens with one attached hydrogen (secondary N) is 1. The molecule has 3 heteroatoms. The quantitative estimate of drug-likeness (QED) is 0.889. The molecule has 0 bridgehead atoms. The van der Waals surface area contributed by atoms with Crippen molar-refractivity contribution in [3.63, 3.8) is 0 Å². The van der Waals surface area contributed by atoms with E-state index in [1.165, 1.54) is 31.2 Å². The summed E-state index contributed by atoms with van der Waals surface area (Å²) < 4.78 is 1.91. The zero-order chi connectivity index (χ0) is 13.1. The minimum atomic E-state index is 0.700. The fourth-order valence-electron chi connectivity index (χ4n) is 3.09. The first kappa shape index (κ1) is 13.6. The fraction of sp³-hybridized carbons (Fsp3) is 0.800. The molecule has 0 amide bonds. The largest absolute Gasteiger partial charge is 0.310 e. The number of hydrogen-bond donors (Lipinski definition) is 1. The maximum Gasteiger partial charge on any atom is 0.0638 e. The zero-order valence-electron chi connectivity index (χ0n) is 12.2. The van der Waals surface area contributed by atoms with Crippen molar-refractivity contribution in [3.8, 4) is 0 Å². The van der Waals surface area contributed by atoms with Crippen LogP contribution in [-0.4, -0.2) is 15.8 Å². The molecule has 1 saturated carbocycles. The van der Waals surface area contributed by atoms with E-state index in [1.54, 1.807) is 0 Å². The van der Waals surface area contributed by atoms with E-state index in [0.717, 1.165) is 24.1 Å². The van der Waals surface area contributed by atoms with Gasteiger partial charge in [0.25, 0.3) is 0 Å². The Balaban J connectivity index is 1.84. The van der Waals surface area contributed by atoms with Crippen molar-refractivity contribution in [2.45, 2.75) is 59.0 Å². The molecule has 0 spiro atoms. The Morgan fingerprint density at radius 1 is 1.44 bits per heavy atom. The van der Waals surface area contributed by atoms with Gasteiger partial charge in [0.1, 0.15) is 0 Å². The smallest absolute Gasteiger partial charge is 0.0638 e. The summed E-state index contributed by atoms with van der Waals surface area (Å²) in [5.74, 6) is 1.74. The molecular formula is C15H27N3. The molecule has 1 aliphatic rings.